The van der Waals surface area contributed by atoms with E-state index in [2.05, 4.69) is 50.2 Å². The fourth-order valence-electron chi connectivity index (χ4n) is 5.86. The molecule has 0 saturated carbocycles. The molecule has 216 valence electrons. The van der Waals surface area contributed by atoms with E-state index in [1.54, 1.807) is 42.6 Å². The second-order valence-corrected chi connectivity index (χ2v) is 11.3. The van der Waals surface area contributed by atoms with Gasteiger partial charge in [0.05, 0.1) is 31.1 Å². The minimum absolute atomic E-state index is 0.0299. The van der Waals surface area contributed by atoms with Crippen LogP contribution in [0, 0.1) is 6.92 Å². The first-order chi connectivity index (χ1) is 20.3. The number of halogens is 3. The quantitative estimate of drug-likeness (QED) is 0.173. The Morgan fingerprint density at radius 1 is 1.05 bits per heavy atom. The zero-order chi connectivity index (χ0) is 29.5. The minimum Gasteiger partial charge on any atom is -0.497 e. The maximum atomic E-state index is 14.7. The predicted molar refractivity (Wildman–Crippen MR) is 167 cm³/mol. The molecule has 42 heavy (non-hydrogen) atoms. The molecule has 0 atom stereocenters. The van der Waals surface area contributed by atoms with E-state index in [4.69, 9.17) is 4.74 Å². The number of rotatable bonds is 7. The molecule has 0 aliphatic carbocycles. The van der Waals surface area contributed by atoms with Gasteiger partial charge in [-0.15, -0.1) is 0 Å². The molecule has 0 fully saturated rings. The number of fused-ring (bicyclic) bond motifs is 2. The molecule has 0 saturated heterocycles. The summed E-state index contributed by atoms with van der Waals surface area (Å²) < 4.78 is 38.3. The zero-order valence-corrected chi connectivity index (χ0v) is 25.3. The van der Waals surface area contributed by atoms with Crippen LogP contribution < -0.4 is 15.2 Å². The van der Waals surface area contributed by atoms with Crippen LogP contribution in [0.4, 0.5) is 20.2 Å². The summed E-state index contributed by atoms with van der Waals surface area (Å²) in [5, 5.41) is 6.15. The monoisotopic (exact) mass is 632 g/mol. The van der Waals surface area contributed by atoms with E-state index in [0.717, 1.165) is 51.6 Å². The first kappa shape index (κ1) is 28.2. The van der Waals surface area contributed by atoms with Crippen molar-refractivity contribution in [3.8, 4) is 16.9 Å². The van der Waals surface area contributed by atoms with Crippen molar-refractivity contribution < 1.29 is 13.5 Å². The smallest absolute Gasteiger partial charge is 0.264 e. The lowest BCUT2D eigenvalue weighted by molar-refractivity contribution is 0.152. The number of hydrogen-bond donors (Lipinski definition) is 0. The van der Waals surface area contributed by atoms with Gasteiger partial charge in [-0.2, -0.15) is 5.10 Å². The normalized spacial score (nSPS) is 13.2. The van der Waals surface area contributed by atoms with Crippen molar-refractivity contribution in [3.63, 3.8) is 0 Å². The van der Waals surface area contributed by atoms with Gasteiger partial charge < -0.3 is 14.2 Å². The van der Waals surface area contributed by atoms with Gasteiger partial charge in [-0.05, 0) is 60.2 Å². The van der Waals surface area contributed by atoms with Crippen LogP contribution >= 0.6 is 15.9 Å². The molecule has 9 heteroatoms. The number of aryl methyl sites for hydroxylation is 3. The Morgan fingerprint density at radius 3 is 2.52 bits per heavy atom. The molecule has 3 aromatic carbocycles. The van der Waals surface area contributed by atoms with Crippen molar-refractivity contribution in [2.24, 2.45) is 7.05 Å². The highest BCUT2D eigenvalue weighted by atomic mass is 79.9. The summed E-state index contributed by atoms with van der Waals surface area (Å²) in [4.78, 5) is 14.8. The number of benzene rings is 3. The lowest BCUT2D eigenvalue weighted by Crippen LogP contribution is -2.26. The van der Waals surface area contributed by atoms with Gasteiger partial charge in [-0.3, -0.25) is 9.48 Å². The molecule has 1 aliphatic heterocycles. The van der Waals surface area contributed by atoms with Gasteiger partial charge in [0.2, 0.25) is 0 Å². The highest BCUT2D eigenvalue weighted by molar-refractivity contribution is 9.08. The molecular formula is C33H31BrF2N4O2. The summed E-state index contributed by atoms with van der Waals surface area (Å²) in [7, 11) is 3.33. The molecule has 0 radical (unpaired) electrons. The largest absolute Gasteiger partial charge is 0.497 e. The molecule has 0 bridgehead atoms. The van der Waals surface area contributed by atoms with E-state index in [9.17, 15) is 13.6 Å². The van der Waals surface area contributed by atoms with Gasteiger partial charge in [-0.1, -0.05) is 40.2 Å². The van der Waals surface area contributed by atoms with Crippen molar-refractivity contribution >= 4 is 38.2 Å². The Morgan fingerprint density at radius 2 is 1.81 bits per heavy atom. The van der Waals surface area contributed by atoms with Crippen LogP contribution in [0.15, 0.2) is 71.8 Å². The molecule has 6 nitrogen and oxygen atoms in total. The van der Waals surface area contributed by atoms with Crippen molar-refractivity contribution in [1.82, 2.24) is 14.3 Å². The number of alkyl halides is 3. The van der Waals surface area contributed by atoms with Gasteiger partial charge in [0, 0.05) is 65.0 Å². The Labute approximate surface area is 251 Å². The number of nitrogens with zero attached hydrogens (tertiary/aromatic N) is 4. The molecule has 5 aromatic rings. The summed E-state index contributed by atoms with van der Waals surface area (Å²) in [6, 6.07) is 17.4. The van der Waals surface area contributed by atoms with Crippen LogP contribution in [0.3, 0.4) is 0 Å². The van der Waals surface area contributed by atoms with E-state index in [-0.39, 0.29) is 11.1 Å². The third-order valence-electron chi connectivity index (χ3n) is 8.07. The summed E-state index contributed by atoms with van der Waals surface area (Å²) in [6.07, 6.45) is 2.47. The molecule has 0 amide bonds. The summed E-state index contributed by atoms with van der Waals surface area (Å²) in [5.41, 5.74) is 7.25. The van der Waals surface area contributed by atoms with Crippen molar-refractivity contribution in [1.29, 1.82) is 0 Å². The molecule has 0 N–H and O–H groups in total. The number of aromatic nitrogens is 3. The van der Waals surface area contributed by atoms with Gasteiger partial charge in [0.1, 0.15) is 5.75 Å². The van der Waals surface area contributed by atoms with Crippen molar-refractivity contribution in [3.05, 3.63) is 105 Å². The summed E-state index contributed by atoms with van der Waals surface area (Å²) in [5.74, 6) is 0.600. The highest BCUT2D eigenvalue weighted by Gasteiger charge is 2.26. The van der Waals surface area contributed by atoms with Crippen LogP contribution in [-0.4, -0.2) is 28.0 Å². The molecule has 1 aliphatic rings. The second-order valence-electron chi connectivity index (χ2n) is 10.8. The summed E-state index contributed by atoms with van der Waals surface area (Å²) in [6.45, 7) is 3.00. The first-order valence-corrected chi connectivity index (χ1v) is 15.0. The average molecular weight is 634 g/mol. The zero-order valence-electron chi connectivity index (χ0n) is 23.7. The Kier molecular flexibility index (Phi) is 7.62. The van der Waals surface area contributed by atoms with Gasteiger partial charge in [-0.25, -0.2) is 8.78 Å². The van der Waals surface area contributed by atoms with E-state index in [1.807, 2.05) is 30.5 Å². The predicted octanol–water partition coefficient (Wildman–Crippen LogP) is 7.68. The maximum Gasteiger partial charge on any atom is 0.264 e. The average Bonchev–Trinajstić information content (AvgIpc) is 3.47. The molecule has 3 heterocycles. The van der Waals surface area contributed by atoms with Crippen LogP contribution in [0.2, 0.25) is 0 Å². The third-order valence-corrected chi connectivity index (χ3v) is 8.72. The maximum absolute atomic E-state index is 14.7. The van der Waals surface area contributed by atoms with E-state index < -0.39 is 6.43 Å². The molecular weight excluding hydrogens is 602 g/mol. The van der Waals surface area contributed by atoms with Crippen molar-refractivity contribution in [2.45, 2.75) is 38.1 Å². The Balaban J connectivity index is 1.43. The molecule has 0 spiro atoms. The Hall–Kier alpha value is -3.98. The standard InChI is InChI=1S/C33H31BrF2N4O2/c1-20-11-28-30(38(2)33(20)41)13-25(42-3)14-31(28)40-10-4-5-23-12-26(27(32(35)36)15-29(23)40)24-17-37-39(19-24)18-22-8-6-21(16-34)7-9-22/h6-9,11-15,17,19,32H,4-5,10,16,18H2,1-3H3. The SMILES string of the molecule is COc1cc(N2CCCc3cc(-c4cnn(Cc5ccc(CBr)cc5)c4)c(C(F)F)cc32)c2cc(C)c(=O)n(C)c2c1. The minimum atomic E-state index is -2.67. The third kappa shape index (κ3) is 5.11. The molecule has 6 rings (SSSR count). The fraction of sp³-hybridized carbons (Fsp3) is 0.273. The lowest BCUT2D eigenvalue weighted by Gasteiger charge is -2.34. The van der Waals surface area contributed by atoms with Crippen LogP contribution in [-0.2, 0) is 25.3 Å². The van der Waals surface area contributed by atoms with Crippen LogP contribution in [0.25, 0.3) is 22.0 Å². The number of methoxy groups -OCH3 is 1. The van der Waals surface area contributed by atoms with Crippen LogP contribution in [0.5, 0.6) is 5.75 Å². The number of pyridine rings is 1. The van der Waals surface area contributed by atoms with Crippen LogP contribution in [0.1, 0.15) is 40.7 Å². The first-order valence-electron chi connectivity index (χ1n) is 13.8. The fourth-order valence-corrected chi connectivity index (χ4v) is 6.23. The molecule has 0 unspecified atom stereocenters. The Bertz CT molecular complexity index is 1850. The number of hydrogen-bond acceptors (Lipinski definition) is 4. The van der Waals surface area contributed by atoms with E-state index in [0.29, 0.717) is 35.5 Å². The van der Waals surface area contributed by atoms with Gasteiger partial charge in [0.15, 0.2) is 0 Å². The molecule has 2 aromatic heterocycles. The lowest BCUT2D eigenvalue weighted by atomic mass is 9.92. The topological polar surface area (TPSA) is 52.3 Å². The highest BCUT2D eigenvalue weighted by Crippen LogP contribution is 2.44. The second kappa shape index (κ2) is 11.4. The van der Waals surface area contributed by atoms with Crippen molar-refractivity contribution in [2.75, 3.05) is 18.6 Å². The van der Waals surface area contributed by atoms with Gasteiger partial charge in [0.25, 0.3) is 12.0 Å². The number of ether oxygens (including phenoxy) is 1. The number of anilines is 2. The van der Waals surface area contributed by atoms with E-state index in [1.165, 1.54) is 5.56 Å². The van der Waals surface area contributed by atoms with Gasteiger partial charge >= 0.3 is 0 Å². The summed E-state index contributed by atoms with van der Waals surface area (Å²) >= 11 is 3.46. The van der Waals surface area contributed by atoms with E-state index >= 15 is 0 Å².